The summed E-state index contributed by atoms with van der Waals surface area (Å²) in [6.45, 7) is 0. The van der Waals surface area contributed by atoms with Gasteiger partial charge in [-0.3, -0.25) is 20.4 Å². The van der Waals surface area contributed by atoms with Crippen LogP contribution in [0.4, 0.5) is 8.78 Å². The normalized spacial score (nSPS) is 10.5. The highest BCUT2D eigenvalue weighted by atomic mass is 19.1. The van der Waals surface area contributed by atoms with E-state index < -0.39 is 23.4 Å². The van der Waals surface area contributed by atoms with Crippen LogP contribution in [-0.2, 0) is 11.2 Å². The first-order valence-electron chi connectivity index (χ1n) is 8.22. The number of carbonyl (C=O) groups excluding carboxylic acids is 2. The molecule has 0 saturated carbocycles. The lowest BCUT2D eigenvalue weighted by atomic mass is 10.1. The Labute approximate surface area is 158 Å². The molecule has 0 bridgehead atoms. The molecule has 1 aromatic heterocycles. The Morgan fingerprint density at radius 3 is 2.46 bits per heavy atom. The molecule has 0 unspecified atom stereocenters. The summed E-state index contributed by atoms with van der Waals surface area (Å²) in [6, 6.07) is 9.29. The Balaban J connectivity index is 1.54. The number of aromatic nitrogens is 1. The standard InChI is InChI=1S/C19H15F2N3O4/c20-12-5-3-6-13(21)18(12)15-10-22-17(28-15)9-8-16(26)23-24-19(27)11-4-1-2-7-14(11)25/h1-7,10,25H,8-9H2,(H,23,26)(H,24,27). The van der Waals surface area contributed by atoms with Crippen molar-refractivity contribution in [2.24, 2.45) is 0 Å². The number of halogens is 2. The van der Waals surface area contributed by atoms with Crippen LogP contribution in [0.1, 0.15) is 22.7 Å². The molecule has 1 heterocycles. The summed E-state index contributed by atoms with van der Waals surface area (Å²) in [7, 11) is 0. The number of amides is 2. The minimum Gasteiger partial charge on any atom is -0.507 e. The SMILES string of the molecule is O=C(CCc1ncc(-c2c(F)cccc2F)o1)NNC(=O)c1ccccc1O. The van der Waals surface area contributed by atoms with E-state index in [2.05, 4.69) is 15.8 Å². The fraction of sp³-hybridized carbons (Fsp3) is 0.105. The molecule has 0 spiro atoms. The van der Waals surface area contributed by atoms with E-state index in [-0.39, 0.29) is 41.4 Å². The second kappa shape index (κ2) is 8.30. The molecule has 2 aromatic carbocycles. The van der Waals surface area contributed by atoms with Gasteiger partial charge in [-0.05, 0) is 24.3 Å². The maximum Gasteiger partial charge on any atom is 0.273 e. The molecule has 0 fully saturated rings. The second-order valence-electron chi connectivity index (χ2n) is 5.73. The number of para-hydroxylation sites is 1. The van der Waals surface area contributed by atoms with Gasteiger partial charge >= 0.3 is 0 Å². The number of nitrogens with one attached hydrogen (secondary N) is 2. The average Bonchev–Trinajstić information content (AvgIpc) is 3.13. The third-order valence-corrected chi connectivity index (χ3v) is 3.79. The summed E-state index contributed by atoms with van der Waals surface area (Å²) in [5.74, 6) is -2.99. The van der Waals surface area contributed by atoms with Gasteiger partial charge < -0.3 is 9.52 Å². The fourth-order valence-corrected chi connectivity index (χ4v) is 2.42. The predicted octanol–water partition coefficient (Wildman–Crippen LogP) is 2.72. The number of aryl methyl sites for hydroxylation is 1. The van der Waals surface area contributed by atoms with Gasteiger partial charge in [0, 0.05) is 12.8 Å². The highest BCUT2D eigenvalue weighted by Crippen LogP contribution is 2.26. The first kappa shape index (κ1) is 19.0. The maximum atomic E-state index is 13.8. The number of benzene rings is 2. The summed E-state index contributed by atoms with van der Waals surface area (Å²) in [5.41, 5.74) is 4.04. The molecule has 0 radical (unpaired) electrons. The fourth-order valence-electron chi connectivity index (χ4n) is 2.42. The van der Waals surface area contributed by atoms with Crippen LogP contribution in [0.3, 0.4) is 0 Å². The van der Waals surface area contributed by atoms with Crippen molar-refractivity contribution in [3.05, 3.63) is 71.8 Å². The quantitative estimate of drug-likeness (QED) is 0.584. The van der Waals surface area contributed by atoms with Crippen LogP contribution in [-0.4, -0.2) is 21.9 Å². The average molecular weight is 387 g/mol. The van der Waals surface area contributed by atoms with Gasteiger partial charge in [0.15, 0.2) is 11.7 Å². The van der Waals surface area contributed by atoms with E-state index >= 15 is 0 Å². The molecule has 0 aliphatic rings. The van der Waals surface area contributed by atoms with Gasteiger partial charge in [0.1, 0.15) is 17.4 Å². The molecule has 3 aromatic rings. The molecule has 9 heteroatoms. The third-order valence-electron chi connectivity index (χ3n) is 3.79. The van der Waals surface area contributed by atoms with E-state index in [1.54, 1.807) is 12.1 Å². The zero-order valence-electron chi connectivity index (χ0n) is 14.4. The summed E-state index contributed by atoms with van der Waals surface area (Å²) in [4.78, 5) is 27.6. The van der Waals surface area contributed by atoms with Crippen LogP contribution < -0.4 is 10.9 Å². The number of aromatic hydroxyl groups is 1. The molecule has 3 rings (SSSR count). The second-order valence-corrected chi connectivity index (χ2v) is 5.73. The van der Waals surface area contributed by atoms with Crippen molar-refractivity contribution in [3.63, 3.8) is 0 Å². The smallest absolute Gasteiger partial charge is 0.273 e. The van der Waals surface area contributed by atoms with E-state index in [9.17, 15) is 23.5 Å². The van der Waals surface area contributed by atoms with E-state index in [0.717, 1.165) is 12.1 Å². The van der Waals surface area contributed by atoms with Crippen molar-refractivity contribution in [2.45, 2.75) is 12.8 Å². The Bertz CT molecular complexity index is 1000. The number of rotatable bonds is 5. The number of hydrogen-bond acceptors (Lipinski definition) is 5. The number of phenols is 1. The third kappa shape index (κ3) is 4.32. The monoisotopic (exact) mass is 387 g/mol. The molecule has 0 aliphatic carbocycles. The Hall–Kier alpha value is -3.75. The lowest BCUT2D eigenvalue weighted by Crippen LogP contribution is -2.41. The molecule has 0 saturated heterocycles. The topological polar surface area (TPSA) is 104 Å². The number of phenolic OH excluding ortho intramolecular Hbond substituents is 1. The van der Waals surface area contributed by atoms with Gasteiger partial charge in [-0.1, -0.05) is 18.2 Å². The molecule has 0 atom stereocenters. The molecule has 144 valence electrons. The van der Waals surface area contributed by atoms with Gasteiger partial charge in [-0.15, -0.1) is 0 Å². The van der Waals surface area contributed by atoms with E-state index in [1.807, 2.05) is 0 Å². The largest absolute Gasteiger partial charge is 0.507 e. The lowest BCUT2D eigenvalue weighted by molar-refractivity contribution is -0.121. The summed E-state index contributed by atoms with van der Waals surface area (Å²) in [6.07, 6.45) is 1.13. The van der Waals surface area contributed by atoms with Crippen LogP contribution in [0, 0.1) is 11.6 Å². The van der Waals surface area contributed by atoms with E-state index in [1.165, 1.54) is 24.4 Å². The molecule has 3 N–H and O–H groups in total. The minimum atomic E-state index is -0.785. The summed E-state index contributed by atoms with van der Waals surface area (Å²) >= 11 is 0. The number of hydrazine groups is 1. The van der Waals surface area contributed by atoms with Crippen LogP contribution >= 0.6 is 0 Å². The van der Waals surface area contributed by atoms with Crippen molar-refractivity contribution < 1.29 is 27.9 Å². The Morgan fingerprint density at radius 2 is 1.75 bits per heavy atom. The number of carbonyl (C=O) groups is 2. The number of nitrogens with zero attached hydrogens (tertiary/aromatic N) is 1. The van der Waals surface area contributed by atoms with Crippen LogP contribution in [0.5, 0.6) is 5.75 Å². The van der Waals surface area contributed by atoms with E-state index in [0.29, 0.717) is 0 Å². The molecule has 28 heavy (non-hydrogen) atoms. The van der Waals surface area contributed by atoms with Gasteiger partial charge in [0.25, 0.3) is 5.91 Å². The van der Waals surface area contributed by atoms with Gasteiger partial charge in [-0.25, -0.2) is 13.8 Å². The summed E-state index contributed by atoms with van der Waals surface area (Å²) in [5, 5.41) is 9.59. The van der Waals surface area contributed by atoms with Crippen molar-refractivity contribution >= 4 is 11.8 Å². The number of hydrogen-bond donors (Lipinski definition) is 3. The zero-order chi connectivity index (χ0) is 20.1. The Morgan fingerprint density at radius 1 is 1.04 bits per heavy atom. The van der Waals surface area contributed by atoms with Gasteiger partial charge in [0.05, 0.1) is 17.3 Å². The zero-order valence-corrected chi connectivity index (χ0v) is 14.4. The summed E-state index contributed by atoms with van der Waals surface area (Å²) < 4.78 is 32.8. The van der Waals surface area contributed by atoms with Crippen molar-refractivity contribution in [1.82, 2.24) is 15.8 Å². The first-order valence-corrected chi connectivity index (χ1v) is 8.22. The van der Waals surface area contributed by atoms with E-state index in [4.69, 9.17) is 4.42 Å². The van der Waals surface area contributed by atoms with Gasteiger partial charge in [0.2, 0.25) is 5.91 Å². The van der Waals surface area contributed by atoms with Crippen LogP contribution in [0.2, 0.25) is 0 Å². The van der Waals surface area contributed by atoms with Crippen LogP contribution in [0.15, 0.2) is 53.1 Å². The van der Waals surface area contributed by atoms with Crippen molar-refractivity contribution in [3.8, 4) is 17.1 Å². The lowest BCUT2D eigenvalue weighted by Gasteiger charge is -2.07. The maximum absolute atomic E-state index is 13.8. The molecule has 0 aliphatic heterocycles. The molecular formula is C19H15F2N3O4. The molecule has 2 amide bonds. The van der Waals surface area contributed by atoms with Gasteiger partial charge in [-0.2, -0.15) is 0 Å². The molecule has 7 nitrogen and oxygen atoms in total. The number of oxazole rings is 1. The van der Waals surface area contributed by atoms with Crippen molar-refractivity contribution in [2.75, 3.05) is 0 Å². The first-order chi connectivity index (χ1) is 13.5. The highest BCUT2D eigenvalue weighted by molar-refractivity contribution is 5.97. The van der Waals surface area contributed by atoms with Crippen LogP contribution in [0.25, 0.3) is 11.3 Å². The Kier molecular flexibility index (Phi) is 5.64. The predicted molar refractivity (Wildman–Crippen MR) is 93.9 cm³/mol. The van der Waals surface area contributed by atoms with Crippen molar-refractivity contribution in [1.29, 1.82) is 0 Å². The minimum absolute atomic E-state index is 0.00653. The highest BCUT2D eigenvalue weighted by Gasteiger charge is 2.16. The molecular weight excluding hydrogens is 372 g/mol.